The number of hydrogen-bond donors (Lipinski definition) is 1. The fourth-order valence-electron chi connectivity index (χ4n) is 2.43. The Kier molecular flexibility index (Phi) is 7.17. The van der Waals surface area contributed by atoms with Crippen LogP contribution in [0.3, 0.4) is 0 Å². The maximum Gasteiger partial charge on any atom is 0.343 e. The summed E-state index contributed by atoms with van der Waals surface area (Å²) in [6.07, 6.45) is 1.29. The van der Waals surface area contributed by atoms with Crippen molar-refractivity contribution in [3.8, 4) is 11.5 Å². The normalized spacial score (nSPS) is 11.3. The third-order valence-corrected chi connectivity index (χ3v) is 5.72. The van der Waals surface area contributed by atoms with E-state index in [-0.39, 0.29) is 16.4 Å². The molecule has 0 heterocycles. The molecular weight excluding hydrogens is 463 g/mol. The summed E-state index contributed by atoms with van der Waals surface area (Å²) in [7, 11) is -2.42. The largest absolute Gasteiger partial charge is 0.493 e. The molecule has 0 aliphatic rings. The van der Waals surface area contributed by atoms with Gasteiger partial charge in [-0.15, -0.1) is 0 Å². The second-order valence-corrected chi connectivity index (χ2v) is 8.65. The summed E-state index contributed by atoms with van der Waals surface area (Å²) in [5.41, 5.74) is 0.843. The second kappa shape index (κ2) is 9.82. The number of esters is 1. The predicted octanol–water partition coefficient (Wildman–Crippen LogP) is 4.53. The summed E-state index contributed by atoms with van der Waals surface area (Å²) in [5, 5.41) is 4.69. The minimum Gasteiger partial charge on any atom is -0.493 e. The lowest BCUT2D eigenvalue weighted by Gasteiger charge is -2.10. The van der Waals surface area contributed by atoms with E-state index < -0.39 is 16.0 Å². The summed E-state index contributed by atoms with van der Waals surface area (Å²) >= 11 is 11.6. The van der Waals surface area contributed by atoms with Gasteiger partial charge in [-0.05, 0) is 72.3 Å². The maximum atomic E-state index is 12.3. The third kappa shape index (κ3) is 5.97. The van der Waals surface area contributed by atoms with Gasteiger partial charge in [-0.25, -0.2) is 9.63 Å². The van der Waals surface area contributed by atoms with Crippen LogP contribution in [0.5, 0.6) is 11.5 Å². The van der Waals surface area contributed by atoms with E-state index >= 15 is 0 Å². The molecule has 0 aliphatic heterocycles. The molecule has 0 radical (unpaired) electrons. The van der Waals surface area contributed by atoms with Crippen LogP contribution in [0.25, 0.3) is 0 Å². The highest BCUT2D eigenvalue weighted by atomic mass is 35.5. The SMILES string of the molecule is COc1cc(/C=N\NS(=O)(=O)c2ccc(Cl)cc2)ccc1OC(=O)c1ccc(Cl)cc1. The van der Waals surface area contributed by atoms with Crippen LogP contribution in [-0.2, 0) is 10.0 Å². The molecular formula is C21H16Cl2N2O5S. The Balaban J connectivity index is 1.71. The molecule has 7 nitrogen and oxygen atoms in total. The van der Waals surface area contributed by atoms with E-state index in [1.807, 2.05) is 0 Å². The standard InChI is InChI=1S/C21H16Cl2N2O5S/c1-29-20-12-14(13-24-25-31(27,28)18-9-7-17(23)8-10-18)2-11-19(20)30-21(26)15-3-5-16(22)6-4-15/h2-13,25H,1H3/b24-13-. The number of nitrogens with zero attached hydrogens (tertiary/aromatic N) is 1. The minimum atomic E-state index is -3.84. The summed E-state index contributed by atoms with van der Waals surface area (Å²) in [5.74, 6) is -0.111. The van der Waals surface area contributed by atoms with E-state index in [2.05, 4.69) is 9.93 Å². The molecule has 3 aromatic carbocycles. The highest BCUT2D eigenvalue weighted by Gasteiger charge is 2.14. The lowest BCUT2D eigenvalue weighted by molar-refractivity contribution is 0.0729. The number of hydrazone groups is 1. The Morgan fingerprint density at radius 2 is 1.55 bits per heavy atom. The number of halogens is 2. The summed E-state index contributed by atoms with van der Waals surface area (Å²) in [6, 6.07) is 16.6. The summed E-state index contributed by atoms with van der Waals surface area (Å²) in [6.45, 7) is 0. The lowest BCUT2D eigenvalue weighted by atomic mass is 10.2. The van der Waals surface area contributed by atoms with Crippen LogP contribution in [0.15, 0.2) is 76.7 Å². The predicted molar refractivity (Wildman–Crippen MR) is 119 cm³/mol. The summed E-state index contributed by atoms with van der Waals surface area (Å²) < 4.78 is 35.1. The number of sulfonamides is 1. The number of ether oxygens (including phenoxy) is 2. The Bertz CT molecular complexity index is 1210. The molecule has 0 saturated carbocycles. The van der Waals surface area contributed by atoms with Crippen molar-refractivity contribution in [1.29, 1.82) is 0 Å². The van der Waals surface area contributed by atoms with Crippen LogP contribution < -0.4 is 14.3 Å². The van der Waals surface area contributed by atoms with Gasteiger partial charge in [0.05, 0.1) is 23.8 Å². The Labute approximate surface area is 189 Å². The molecule has 0 unspecified atom stereocenters. The molecule has 0 bridgehead atoms. The molecule has 0 saturated heterocycles. The van der Waals surface area contributed by atoms with Crippen molar-refractivity contribution in [2.24, 2.45) is 5.10 Å². The first-order valence-corrected chi connectivity index (χ1v) is 11.0. The fraction of sp³-hybridized carbons (Fsp3) is 0.0476. The Hall–Kier alpha value is -3.07. The van der Waals surface area contributed by atoms with Crippen LogP contribution >= 0.6 is 23.2 Å². The van der Waals surface area contributed by atoms with Gasteiger partial charge >= 0.3 is 5.97 Å². The highest BCUT2D eigenvalue weighted by molar-refractivity contribution is 7.89. The molecule has 0 aromatic heterocycles. The van der Waals surface area contributed by atoms with Gasteiger partial charge in [0.2, 0.25) is 0 Å². The van der Waals surface area contributed by atoms with Crippen LogP contribution in [0.2, 0.25) is 10.0 Å². The van der Waals surface area contributed by atoms with Crippen molar-refractivity contribution < 1.29 is 22.7 Å². The van der Waals surface area contributed by atoms with Crippen molar-refractivity contribution >= 4 is 45.4 Å². The minimum absolute atomic E-state index is 0.0242. The molecule has 1 N–H and O–H groups in total. The average molecular weight is 479 g/mol. The number of hydrogen-bond acceptors (Lipinski definition) is 6. The molecule has 0 amide bonds. The van der Waals surface area contributed by atoms with E-state index in [1.54, 1.807) is 36.4 Å². The Morgan fingerprint density at radius 3 is 2.16 bits per heavy atom. The van der Waals surface area contributed by atoms with Gasteiger partial charge < -0.3 is 9.47 Å². The van der Waals surface area contributed by atoms with Gasteiger partial charge in [0.15, 0.2) is 11.5 Å². The van der Waals surface area contributed by atoms with Crippen molar-refractivity contribution in [2.45, 2.75) is 4.90 Å². The van der Waals surface area contributed by atoms with Gasteiger partial charge in [-0.3, -0.25) is 0 Å². The first kappa shape index (κ1) is 22.6. The van der Waals surface area contributed by atoms with E-state index in [9.17, 15) is 13.2 Å². The molecule has 31 heavy (non-hydrogen) atoms. The van der Waals surface area contributed by atoms with Crippen LogP contribution in [0, 0.1) is 0 Å². The van der Waals surface area contributed by atoms with E-state index in [0.717, 1.165) is 0 Å². The number of rotatable bonds is 7. The van der Waals surface area contributed by atoms with E-state index in [0.29, 0.717) is 21.2 Å². The van der Waals surface area contributed by atoms with Crippen molar-refractivity contribution in [3.05, 3.63) is 87.9 Å². The molecule has 0 aliphatic carbocycles. The van der Waals surface area contributed by atoms with Crippen molar-refractivity contribution in [3.63, 3.8) is 0 Å². The first-order valence-electron chi connectivity index (χ1n) is 8.75. The zero-order valence-corrected chi connectivity index (χ0v) is 18.4. The van der Waals surface area contributed by atoms with Gasteiger partial charge in [-0.1, -0.05) is 23.2 Å². The van der Waals surface area contributed by atoms with Crippen molar-refractivity contribution in [2.75, 3.05) is 7.11 Å². The van der Waals surface area contributed by atoms with Gasteiger partial charge in [0.25, 0.3) is 10.0 Å². The topological polar surface area (TPSA) is 94.1 Å². The number of methoxy groups -OCH3 is 1. The van der Waals surface area contributed by atoms with Crippen LogP contribution in [0.4, 0.5) is 0 Å². The Morgan fingerprint density at radius 1 is 0.935 bits per heavy atom. The second-order valence-electron chi connectivity index (χ2n) is 6.11. The molecule has 10 heteroatoms. The zero-order chi connectivity index (χ0) is 22.4. The van der Waals surface area contributed by atoms with Crippen molar-refractivity contribution in [1.82, 2.24) is 4.83 Å². The molecule has 0 fully saturated rings. The van der Waals surface area contributed by atoms with E-state index in [4.69, 9.17) is 32.7 Å². The highest BCUT2D eigenvalue weighted by Crippen LogP contribution is 2.28. The molecule has 0 atom stereocenters. The number of nitrogens with one attached hydrogen (secondary N) is 1. The average Bonchev–Trinajstić information content (AvgIpc) is 2.75. The molecule has 3 aromatic rings. The zero-order valence-electron chi connectivity index (χ0n) is 16.1. The van der Waals surface area contributed by atoms with Gasteiger partial charge in [0.1, 0.15) is 0 Å². The molecule has 160 valence electrons. The monoisotopic (exact) mass is 478 g/mol. The van der Waals surface area contributed by atoms with Gasteiger partial charge in [-0.2, -0.15) is 13.5 Å². The van der Waals surface area contributed by atoms with Crippen LogP contribution in [0.1, 0.15) is 15.9 Å². The maximum absolute atomic E-state index is 12.3. The number of carbonyl (C=O) groups is 1. The first-order chi connectivity index (χ1) is 14.8. The van der Waals surface area contributed by atoms with Gasteiger partial charge in [0, 0.05) is 10.0 Å². The third-order valence-electron chi connectivity index (χ3n) is 3.98. The molecule has 3 rings (SSSR count). The van der Waals surface area contributed by atoms with E-state index in [1.165, 1.54) is 43.7 Å². The van der Waals surface area contributed by atoms with Crippen LogP contribution in [-0.4, -0.2) is 27.7 Å². The molecule has 0 spiro atoms. The lowest BCUT2D eigenvalue weighted by Crippen LogP contribution is -2.18. The summed E-state index contributed by atoms with van der Waals surface area (Å²) in [4.78, 5) is 14.4. The smallest absolute Gasteiger partial charge is 0.343 e. The quantitative estimate of drug-likeness (QED) is 0.233. The fourth-order valence-corrected chi connectivity index (χ4v) is 3.47. The number of benzene rings is 3. The number of carbonyl (C=O) groups excluding carboxylic acids is 1.